The average Bonchev–Trinajstić information content (AvgIpc) is 3.11. The molecular formula is C22H33N5O6S2. The van der Waals surface area contributed by atoms with Crippen LogP contribution in [0.1, 0.15) is 45.1 Å². The van der Waals surface area contributed by atoms with Gasteiger partial charge in [0.15, 0.2) is 5.65 Å². The second kappa shape index (κ2) is 8.71. The summed E-state index contributed by atoms with van der Waals surface area (Å²) in [5.74, 6) is -0.0258. The quantitative estimate of drug-likeness (QED) is 0.628. The Labute approximate surface area is 206 Å². The van der Waals surface area contributed by atoms with Gasteiger partial charge in [0.05, 0.1) is 6.04 Å². The molecule has 2 saturated heterocycles. The van der Waals surface area contributed by atoms with Crippen LogP contribution in [0.4, 0.5) is 4.79 Å². The number of rotatable bonds is 5. The first-order chi connectivity index (χ1) is 16.2. The largest absolute Gasteiger partial charge is 0.465 e. The van der Waals surface area contributed by atoms with Gasteiger partial charge in [-0.25, -0.2) is 26.5 Å². The molecule has 2 aliphatic rings. The fourth-order valence-corrected chi connectivity index (χ4v) is 8.59. The van der Waals surface area contributed by atoms with Crippen molar-refractivity contribution in [3.05, 3.63) is 30.1 Å². The van der Waals surface area contributed by atoms with Crippen LogP contribution < -0.4 is 0 Å². The lowest BCUT2D eigenvalue weighted by molar-refractivity contribution is 0.0218. The Morgan fingerprint density at radius 2 is 1.77 bits per heavy atom. The van der Waals surface area contributed by atoms with E-state index in [2.05, 4.69) is 4.98 Å². The fourth-order valence-electron chi connectivity index (χ4n) is 5.29. The highest BCUT2D eigenvalue weighted by Gasteiger charge is 2.55. The van der Waals surface area contributed by atoms with Crippen molar-refractivity contribution in [3.63, 3.8) is 0 Å². The van der Waals surface area contributed by atoms with Crippen LogP contribution in [0.2, 0.25) is 0 Å². The first kappa shape index (κ1) is 25.9. The number of pyridine rings is 1. The number of aromatic nitrogens is 2. The standard InChI is InChI=1S/C22H33N5O6S2/c1-22(2,3)19-18(14-26(19)21(28)29)34(30,31)25-11-8-15(9-12-25)17-13-27(35(32,33)24(4)5)20-16(17)7-6-10-23-20/h6-7,10,13,15,18-19H,8-9,11-12,14H2,1-5H3,(H,28,29). The van der Waals surface area contributed by atoms with Gasteiger partial charge in [-0.05, 0) is 41.9 Å². The normalized spacial score (nSPS) is 23.1. The van der Waals surface area contributed by atoms with Crippen LogP contribution in [-0.4, -0.2) is 95.5 Å². The number of likely N-dealkylation sites (tertiary alicyclic amines) is 1. The second-order valence-corrected chi connectivity index (χ2v) is 14.7. The maximum atomic E-state index is 13.5. The molecule has 0 aliphatic carbocycles. The van der Waals surface area contributed by atoms with Crippen molar-refractivity contribution in [3.8, 4) is 0 Å². The molecule has 0 aromatic carbocycles. The van der Waals surface area contributed by atoms with Crippen molar-refractivity contribution in [1.82, 2.24) is 22.5 Å². The Morgan fingerprint density at radius 1 is 1.14 bits per heavy atom. The van der Waals surface area contributed by atoms with Crippen LogP contribution in [0.5, 0.6) is 0 Å². The Balaban J connectivity index is 1.56. The summed E-state index contributed by atoms with van der Waals surface area (Å²) in [7, 11) is -4.53. The zero-order valence-electron chi connectivity index (χ0n) is 20.6. The zero-order chi connectivity index (χ0) is 25.9. The van der Waals surface area contributed by atoms with Crippen LogP contribution in [0, 0.1) is 5.41 Å². The topological polar surface area (TPSA) is 133 Å². The molecule has 0 spiro atoms. The maximum Gasteiger partial charge on any atom is 0.407 e. The summed E-state index contributed by atoms with van der Waals surface area (Å²) in [6.07, 6.45) is 3.12. The van der Waals surface area contributed by atoms with Gasteiger partial charge >= 0.3 is 16.3 Å². The summed E-state index contributed by atoms with van der Waals surface area (Å²) in [6, 6.07) is 2.99. The van der Waals surface area contributed by atoms with E-state index < -0.39 is 43.0 Å². The van der Waals surface area contributed by atoms with E-state index in [1.54, 1.807) is 18.5 Å². The van der Waals surface area contributed by atoms with Crippen molar-refractivity contribution in [2.75, 3.05) is 33.7 Å². The van der Waals surface area contributed by atoms with E-state index in [-0.39, 0.29) is 12.5 Å². The number of amides is 1. The smallest absolute Gasteiger partial charge is 0.407 e. The van der Waals surface area contributed by atoms with E-state index in [1.807, 2.05) is 26.8 Å². The lowest BCUT2D eigenvalue weighted by Gasteiger charge is -2.53. The van der Waals surface area contributed by atoms with Gasteiger partial charge in [-0.1, -0.05) is 20.8 Å². The predicted molar refractivity (Wildman–Crippen MR) is 132 cm³/mol. The highest BCUT2D eigenvalue weighted by molar-refractivity contribution is 7.89. The van der Waals surface area contributed by atoms with Crippen molar-refractivity contribution < 1.29 is 26.7 Å². The van der Waals surface area contributed by atoms with Gasteiger partial charge in [-0.2, -0.15) is 12.7 Å². The zero-order valence-corrected chi connectivity index (χ0v) is 22.3. The van der Waals surface area contributed by atoms with E-state index in [0.29, 0.717) is 31.6 Å². The molecule has 4 heterocycles. The molecule has 2 aliphatic heterocycles. The van der Waals surface area contributed by atoms with Crippen LogP contribution >= 0.6 is 0 Å². The first-order valence-electron chi connectivity index (χ1n) is 11.5. The maximum absolute atomic E-state index is 13.5. The minimum atomic E-state index is -3.77. The summed E-state index contributed by atoms with van der Waals surface area (Å²) in [6.45, 7) is 6.12. The molecule has 11 nitrogen and oxygen atoms in total. The van der Waals surface area contributed by atoms with Crippen molar-refractivity contribution in [2.24, 2.45) is 5.41 Å². The number of nitrogens with zero attached hydrogens (tertiary/aromatic N) is 5. The third kappa shape index (κ3) is 4.32. The van der Waals surface area contributed by atoms with Crippen molar-refractivity contribution >= 4 is 37.4 Å². The summed E-state index contributed by atoms with van der Waals surface area (Å²) in [4.78, 5) is 17.1. The van der Waals surface area contributed by atoms with Gasteiger partial charge in [-0.15, -0.1) is 0 Å². The van der Waals surface area contributed by atoms with Gasteiger partial charge in [0.25, 0.3) is 0 Å². The number of piperidine rings is 1. The molecule has 1 amide bonds. The van der Waals surface area contributed by atoms with Crippen LogP contribution in [-0.2, 0) is 20.2 Å². The first-order valence-corrected chi connectivity index (χ1v) is 14.4. The molecule has 2 atom stereocenters. The fraction of sp³-hybridized carbons (Fsp3) is 0.636. The molecule has 194 valence electrons. The highest BCUT2D eigenvalue weighted by atomic mass is 32.2. The number of carbonyl (C=O) groups is 1. The lowest BCUT2D eigenvalue weighted by atomic mass is 9.79. The minimum Gasteiger partial charge on any atom is -0.465 e. The molecule has 35 heavy (non-hydrogen) atoms. The predicted octanol–water partition coefficient (Wildman–Crippen LogP) is 1.98. The average molecular weight is 528 g/mol. The van der Waals surface area contributed by atoms with Gasteiger partial charge in [0.2, 0.25) is 10.0 Å². The molecule has 0 radical (unpaired) electrons. The number of carboxylic acid groups (broad SMARTS) is 1. The third-order valence-electron chi connectivity index (χ3n) is 7.11. The third-order valence-corrected chi connectivity index (χ3v) is 11.1. The van der Waals surface area contributed by atoms with Crippen molar-refractivity contribution in [2.45, 2.75) is 50.8 Å². The van der Waals surface area contributed by atoms with Crippen LogP contribution in [0.25, 0.3) is 11.0 Å². The van der Waals surface area contributed by atoms with E-state index in [1.165, 1.54) is 27.3 Å². The van der Waals surface area contributed by atoms with E-state index in [0.717, 1.165) is 15.3 Å². The molecule has 2 unspecified atom stereocenters. The summed E-state index contributed by atoms with van der Waals surface area (Å²) in [5, 5.41) is 9.43. The molecule has 4 rings (SSSR count). The molecule has 0 bridgehead atoms. The van der Waals surface area contributed by atoms with Crippen LogP contribution in [0.15, 0.2) is 24.5 Å². The molecule has 0 saturated carbocycles. The molecular weight excluding hydrogens is 494 g/mol. The Bertz CT molecular complexity index is 1340. The van der Waals surface area contributed by atoms with E-state index in [9.17, 15) is 26.7 Å². The number of fused-ring (bicyclic) bond motifs is 1. The molecule has 2 aromatic heterocycles. The summed E-state index contributed by atoms with van der Waals surface area (Å²) < 4.78 is 56.4. The molecule has 1 N–H and O–H groups in total. The second-order valence-electron chi connectivity index (χ2n) is 10.5. The highest BCUT2D eigenvalue weighted by Crippen LogP contribution is 2.41. The SMILES string of the molecule is CN(C)S(=O)(=O)n1cc(C2CCN(S(=O)(=O)C3CN(C(=O)O)C3C(C)(C)C)CC2)c2cccnc21. The molecule has 2 aromatic rings. The Kier molecular flexibility index (Phi) is 6.44. The van der Waals surface area contributed by atoms with Gasteiger partial charge in [-0.3, -0.25) is 0 Å². The molecule has 2 fully saturated rings. The van der Waals surface area contributed by atoms with Gasteiger partial charge in [0, 0.05) is 51.5 Å². The number of sulfonamides is 1. The molecule has 13 heteroatoms. The van der Waals surface area contributed by atoms with Gasteiger partial charge < -0.3 is 10.0 Å². The monoisotopic (exact) mass is 527 g/mol. The lowest BCUT2D eigenvalue weighted by Crippen LogP contribution is -2.70. The summed E-state index contributed by atoms with van der Waals surface area (Å²) >= 11 is 0. The van der Waals surface area contributed by atoms with E-state index in [4.69, 9.17) is 0 Å². The Morgan fingerprint density at radius 3 is 2.31 bits per heavy atom. The van der Waals surface area contributed by atoms with Crippen LogP contribution in [0.3, 0.4) is 0 Å². The summed E-state index contributed by atoms with van der Waals surface area (Å²) in [5.41, 5.74) is 0.672. The van der Waals surface area contributed by atoms with E-state index >= 15 is 0 Å². The Hall–Kier alpha value is -2.22. The number of hydrogen-bond donors (Lipinski definition) is 1. The van der Waals surface area contributed by atoms with Gasteiger partial charge in [0.1, 0.15) is 5.25 Å². The number of hydrogen-bond acceptors (Lipinski definition) is 6. The van der Waals surface area contributed by atoms with Crippen molar-refractivity contribution in [1.29, 1.82) is 0 Å². The minimum absolute atomic E-state index is 0.0258.